The summed E-state index contributed by atoms with van der Waals surface area (Å²) < 4.78 is 11.5. The second-order valence-electron chi connectivity index (χ2n) is 6.12. The van der Waals surface area contributed by atoms with E-state index in [0.29, 0.717) is 26.2 Å². The molecule has 4 nitrogen and oxygen atoms in total. The van der Waals surface area contributed by atoms with E-state index in [2.05, 4.69) is 26.0 Å². The van der Waals surface area contributed by atoms with Crippen molar-refractivity contribution >= 4 is 5.91 Å². The van der Waals surface area contributed by atoms with Crippen LogP contribution in [0.3, 0.4) is 0 Å². The van der Waals surface area contributed by atoms with Gasteiger partial charge in [-0.15, -0.1) is 0 Å². The molecule has 1 amide bonds. The first-order valence-electron chi connectivity index (χ1n) is 7.70. The van der Waals surface area contributed by atoms with Gasteiger partial charge >= 0.3 is 0 Å². The van der Waals surface area contributed by atoms with Crippen molar-refractivity contribution < 1.29 is 14.3 Å². The number of piperidine rings is 1. The molecule has 2 aliphatic rings. The Hall–Kier alpha value is -1.39. The van der Waals surface area contributed by atoms with E-state index < -0.39 is 5.79 Å². The molecule has 0 N–H and O–H groups in total. The molecule has 0 bridgehead atoms. The molecule has 0 radical (unpaired) electrons. The van der Waals surface area contributed by atoms with E-state index in [0.717, 1.165) is 24.9 Å². The predicted molar refractivity (Wildman–Crippen MR) is 80.1 cm³/mol. The molecule has 1 aromatic rings. The highest BCUT2D eigenvalue weighted by Crippen LogP contribution is 2.30. The van der Waals surface area contributed by atoms with Crippen LogP contribution in [0.15, 0.2) is 18.2 Å². The Bertz CT molecular complexity index is 535. The van der Waals surface area contributed by atoms with Gasteiger partial charge in [0.25, 0.3) is 0 Å². The fourth-order valence-electron chi connectivity index (χ4n) is 3.13. The minimum atomic E-state index is -0.531. The summed E-state index contributed by atoms with van der Waals surface area (Å²) in [6, 6.07) is 6.23. The molecule has 0 saturated carbocycles. The lowest BCUT2D eigenvalue weighted by Gasteiger charge is -2.38. The molecule has 2 fully saturated rings. The van der Waals surface area contributed by atoms with E-state index in [9.17, 15) is 4.79 Å². The second-order valence-corrected chi connectivity index (χ2v) is 6.12. The highest BCUT2D eigenvalue weighted by Gasteiger charge is 2.41. The maximum Gasteiger partial charge on any atom is 0.227 e. The van der Waals surface area contributed by atoms with Gasteiger partial charge in [-0.3, -0.25) is 4.79 Å². The van der Waals surface area contributed by atoms with Crippen LogP contribution in [0.2, 0.25) is 0 Å². The third-order valence-corrected chi connectivity index (χ3v) is 4.51. The first-order valence-corrected chi connectivity index (χ1v) is 7.70. The molecule has 2 heterocycles. The zero-order chi connectivity index (χ0) is 14.9. The molecule has 4 heteroatoms. The van der Waals surface area contributed by atoms with Crippen LogP contribution in [0.25, 0.3) is 0 Å². The van der Waals surface area contributed by atoms with E-state index in [4.69, 9.17) is 9.47 Å². The van der Waals surface area contributed by atoms with Gasteiger partial charge in [0.2, 0.25) is 5.91 Å². The molecule has 2 aliphatic heterocycles. The van der Waals surface area contributed by atoms with Crippen LogP contribution in [-0.2, 0) is 20.7 Å². The maximum absolute atomic E-state index is 12.5. The lowest BCUT2D eigenvalue weighted by Crippen LogP contribution is -2.51. The topological polar surface area (TPSA) is 38.8 Å². The van der Waals surface area contributed by atoms with Gasteiger partial charge in [0, 0.05) is 13.0 Å². The first-order chi connectivity index (χ1) is 10.1. The van der Waals surface area contributed by atoms with Gasteiger partial charge in [0.15, 0.2) is 5.79 Å². The fourth-order valence-corrected chi connectivity index (χ4v) is 3.13. The molecular weight excluding hydrogens is 266 g/mol. The van der Waals surface area contributed by atoms with E-state index in [1.54, 1.807) is 0 Å². The van der Waals surface area contributed by atoms with Crippen molar-refractivity contribution in [2.75, 3.05) is 26.3 Å². The average molecular weight is 289 g/mol. The van der Waals surface area contributed by atoms with Gasteiger partial charge in [-0.1, -0.05) is 18.2 Å². The Kier molecular flexibility index (Phi) is 4.00. The summed E-state index contributed by atoms with van der Waals surface area (Å²) >= 11 is 0. The predicted octanol–water partition coefficient (Wildman–Crippen LogP) is 2.21. The van der Waals surface area contributed by atoms with Crippen LogP contribution >= 0.6 is 0 Å². The minimum absolute atomic E-state index is 0.163. The number of likely N-dealkylation sites (tertiary alicyclic amines) is 1. The molecule has 0 atom stereocenters. The van der Waals surface area contributed by atoms with Gasteiger partial charge < -0.3 is 14.4 Å². The van der Waals surface area contributed by atoms with E-state index >= 15 is 0 Å². The number of hydrogen-bond acceptors (Lipinski definition) is 3. The van der Waals surface area contributed by atoms with Gasteiger partial charge in [-0.25, -0.2) is 0 Å². The van der Waals surface area contributed by atoms with E-state index in [-0.39, 0.29) is 5.91 Å². The fraction of sp³-hybridized carbons (Fsp3) is 0.588. The third kappa shape index (κ3) is 3.11. The Morgan fingerprint density at radius 1 is 1.24 bits per heavy atom. The Morgan fingerprint density at radius 2 is 2.00 bits per heavy atom. The number of carbonyl (C=O) groups excluding carboxylic acids is 1. The Morgan fingerprint density at radius 3 is 2.71 bits per heavy atom. The zero-order valence-corrected chi connectivity index (χ0v) is 12.9. The molecular formula is C17H23NO3. The van der Waals surface area contributed by atoms with Crippen LogP contribution in [-0.4, -0.2) is 42.9 Å². The lowest BCUT2D eigenvalue weighted by molar-refractivity contribution is -0.192. The van der Waals surface area contributed by atoms with Crippen molar-refractivity contribution in [2.45, 2.75) is 38.9 Å². The SMILES string of the molecule is Cc1ccc(CC(=O)N2CCCC3(C2)OCCO3)cc1C. The quantitative estimate of drug-likeness (QED) is 0.838. The van der Waals surface area contributed by atoms with Crippen molar-refractivity contribution in [3.63, 3.8) is 0 Å². The molecule has 1 aromatic carbocycles. The second kappa shape index (κ2) is 5.78. The maximum atomic E-state index is 12.5. The van der Waals surface area contributed by atoms with Crippen LogP contribution in [0.1, 0.15) is 29.5 Å². The molecule has 3 rings (SSSR count). The minimum Gasteiger partial charge on any atom is -0.346 e. The first kappa shape index (κ1) is 14.5. The number of benzene rings is 1. The number of rotatable bonds is 2. The molecule has 0 unspecified atom stereocenters. The number of aryl methyl sites for hydroxylation is 2. The number of hydrogen-bond donors (Lipinski definition) is 0. The summed E-state index contributed by atoms with van der Waals surface area (Å²) in [6.45, 7) is 6.82. The lowest BCUT2D eigenvalue weighted by atomic mass is 10.0. The zero-order valence-electron chi connectivity index (χ0n) is 12.9. The normalized spacial score (nSPS) is 21.0. The van der Waals surface area contributed by atoms with Crippen LogP contribution in [0.4, 0.5) is 0 Å². The van der Waals surface area contributed by atoms with Gasteiger partial charge in [-0.05, 0) is 37.0 Å². The van der Waals surface area contributed by atoms with E-state index in [1.807, 2.05) is 11.0 Å². The number of amides is 1. The van der Waals surface area contributed by atoms with Gasteiger partial charge in [0.1, 0.15) is 0 Å². The summed E-state index contributed by atoms with van der Waals surface area (Å²) in [5.74, 6) is -0.367. The monoisotopic (exact) mass is 289 g/mol. The Balaban J connectivity index is 1.65. The molecule has 1 spiro atoms. The summed E-state index contributed by atoms with van der Waals surface area (Å²) in [4.78, 5) is 14.4. The third-order valence-electron chi connectivity index (χ3n) is 4.51. The summed E-state index contributed by atoms with van der Waals surface area (Å²) in [7, 11) is 0. The van der Waals surface area contributed by atoms with Crippen molar-refractivity contribution in [1.29, 1.82) is 0 Å². The van der Waals surface area contributed by atoms with Crippen molar-refractivity contribution in [2.24, 2.45) is 0 Å². The number of nitrogens with zero attached hydrogens (tertiary/aromatic N) is 1. The smallest absolute Gasteiger partial charge is 0.227 e. The molecule has 114 valence electrons. The van der Waals surface area contributed by atoms with Crippen LogP contribution in [0, 0.1) is 13.8 Å². The number of carbonyl (C=O) groups is 1. The van der Waals surface area contributed by atoms with E-state index in [1.165, 1.54) is 11.1 Å². The molecule has 21 heavy (non-hydrogen) atoms. The van der Waals surface area contributed by atoms with Crippen LogP contribution < -0.4 is 0 Å². The van der Waals surface area contributed by atoms with Gasteiger partial charge in [-0.2, -0.15) is 0 Å². The summed E-state index contributed by atoms with van der Waals surface area (Å²) in [5.41, 5.74) is 3.57. The van der Waals surface area contributed by atoms with Gasteiger partial charge in [0.05, 0.1) is 26.2 Å². The molecule has 2 saturated heterocycles. The summed E-state index contributed by atoms with van der Waals surface area (Å²) in [6.07, 6.45) is 2.29. The van der Waals surface area contributed by atoms with Crippen LogP contribution in [0.5, 0.6) is 0 Å². The molecule has 0 aliphatic carbocycles. The summed E-state index contributed by atoms with van der Waals surface area (Å²) in [5, 5.41) is 0. The number of ether oxygens (including phenoxy) is 2. The standard InChI is InChI=1S/C17H23NO3/c1-13-4-5-15(10-14(13)2)11-16(19)18-7-3-6-17(12-18)20-8-9-21-17/h4-5,10H,3,6-9,11-12H2,1-2H3. The highest BCUT2D eigenvalue weighted by molar-refractivity contribution is 5.79. The molecule has 0 aromatic heterocycles. The highest BCUT2D eigenvalue weighted by atomic mass is 16.7. The Labute approximate surface area is 126 Å². The van der Waals surface area contributed by atoms with Crippen molar-refractivity contribution in [1.82, 2.24) is 4.90 Å². The average Bonchev–Trinajstić information content (AvgIpc) is 2.91. The van der Waals surface area contributed by atoms with Crippen molar-refractivity contribution in [3.05, 3.63) is 34.9 Å². The largest absolute Gasteiger partial charge is 0.346 e. The van der Waals surface area contributed by atoms with Crippen molar-refractivity contribution in [3.8, 4) is 0 Å².